The van der Waals surface area contributed by atoms with E-state index in [4.69, 9.17) is 0 Å². The normalized spacial score (nSPS) is 33.2. The number of nitroso groups, excluding NO2 is 2. The average molecular weight is 178 g/mol. The van der Waals surface area contributed by atoms with Gasteiger partial charge in [0.05, 0.1) is 0 Å². The fourth-order valence-corrected chi connectivity index (χ4v) is 2.94. The molecule has 1 fully saturated rings. The summed E-state index contributed by atoms with van der Waals surface area (Å²) in [6.07, 6.45) is 0. The van der Waals surface area contributed by atoms with Gasteiger partial charge in [0.25, 0.3) is 0 Å². The van der Waals surface area contributed by atoms with E-state index < -0.39 is 10.7 Å². The van der Waals surface area contributed by atoms with Crippen LogP contribution in [0.2, 0.25) is 0 Å². The molecule has 0 radical (unpaired) electrons. The Labute approximate surface area is 66.5 Å². The third-order valence-electron chi connectivity index (χ3n) is 1.11. The highest BCUT2D eigenvalue weighted by Crippen LogP contribution is 2.32. The molecule has 0 saturated carbocycles. The van der Waals surface area contributed by atoms with Gasteiger partial charge in [-0.3, -0.25) is 0 Å². The summed E-state index contributed by atoms with van der Waals surface area (Å²) in [5.74, 6) is 1.76. The maximum Gasteiger partial charge on any atom is 0.172 e. The maximum atomic E-state index is 10.0. The molecule has 1 heterocycles. The molecule has 0 spiro atoms. The molecule has 1 aliphatic rings. The Bertz CT molecular complexity index is 127. The predicted molar refractivity (Wildman–Crippen MR) is 44.1 cm³/mol. The average Bonchev–Trinajstić information content (AvgIpc) is 2.04. The van der Waals surface area contributed by atoms with E-state index >= 15 is 0 Å². The van der Waals surface area contributed by atoms with Crippen LogP contribution in [0.3, 0.4) is 0 Å². The van der Waals surface area contributed by atoms with Gasteiger partial charge in [-0.25, -0.2) is 0 Å². The van der Waals surface area contributed by atoms with E-state index in [1.807, 2.05) is 0 Å². The Balaban J connectivity index is 2.49. The van der Waals surface area contributed by atoms with Gasteiger partial charge >= 0.3 is 0 Å². The number of rotatable bonds is 2. The van der Waals surface area contributed by atoms with E-state index in [-0.39, 0.29) is 0 Å². The molecule has 0 aromatic carbocycles. The summed E-state index contributed by atoms with van der Waals surface area (Å²) in [6.45, 7) is 0. The largest absolute Gasteiger partial charge is 0.172 e. The Kier molecular flexibility index (Phi) is 3.14. The van der Waals surface area contributed by atoms with Crippen molar-refractivity contribution in [2.24, 2.45) is 10.4 Å². The van der Waals surface area contributed by atoms with Crippen LogP contribution in [0, 0.1) is 9.81 Å². The quantitative estimate of drug-likeness (QED) is 0.603. The van der Waals surface area contributed by atoms with Crippen molar-refractivity contribution in [2.75, 3.05) is 11.5 Å². The first-order valence-electron chi connectivity index (χ1n) is 2.76. The van der Waals surface area contributed by atoms with E-state index in [0.717, 1.165) is 11.5 Å². The molecular formula is C4H6N2O2S2. The summed E-state index contributed by atoms with van der Waals surface area (Å²) < 4.78 is 0. The van der Waals surface area contributed by atoms with E-state index in [9.17, 15) is 9.81 Å². The van der Waals surface area contributed by atoms with Crippen molar-refractivity contribution in [3.05, 3.63) is 9.81 Å². The first kappa shape index (κ1) is 8.00. The van der Waals surface area contributed by atoms with Gasteiger partial charge in [-0.1, -0.05) is 10.4 Å². The predicted octanol–water partition coefficient (Wildman–Crippen LogP) is 1.65. The maximum absolute atomic E-state index is 10.0. The van der Waals surface area contributed by atoms with Crippen molar-refractivity contribution >= 4 is 23.5 Å². The fraction of sp³-hybridized carbons (Fsp3) is 1.00. The van der Waals surface area contributed by atoms with Crippen LogP contribution in [0.25, 0.3) is 0 Å². The fourth-order valence-electron chi connectivity index (χ4n) is 0.667. The zero-order chi connectivity index (χ0) is 7.40. The van der Waals surface area contributed by atoms with Crippen molar-refractivity contribution in [3.8, 4) is 0 Å². The Morgan fingerprint density at radius 2 is 1.40 bits per heavy atom. The van der Waals surface area contributed by atoms with Gasteiger partial charge in [0, 0.05) is 11.5 Å². The minimum atomic E-state index is -0.462. The molecule has 10 heavy (non-hydrogen) atoms. The molecule has 0 amide bonds. The zero-order valence-corrected chi connectivity index (χ0v) is 6.73. The molecule has 4 nitrogen and oxygen atoms in total. The third-order valence-corrected chi connectivity index (χ3v) is 3.79. The second-order valence-electron chi connectivity index (χ2n) is 1.73. The van der Waals surface area contributed by atoms with E-state index in [1.54, 1.807) is 0 Å². The highest BCUT2D eigenvalue weighted by atomic mass is 32.2. The molecule has 1 aliphatic heterocycles. The molecule has 56 valence electrons. The SMILES string of the molecule is O=NC1SCCSC1N=O. The zero-order valence-electron chi connectivity index (χ0n) is 5.10. The van der Waals surface area contributed by atoms with Gasteiger partial charge in [0.15, 0.2) is 10.7 Å². The summed E-state index contributed by atoms with van der Waals surface area (Å²) in [4.78, 5) is 20.1. The van der Waals surface area contributed by atoms with E-state index in [0.29, 0.717) is 0 Å². The van der Waals surface area contributed by atoms with Crippen LogP contribution in [-0.4, -0.2) is 22.3 Å². The van der Waals surface area contributed by atoms with Crippen LogP contribution >= 0.6 is 23.5 Å². The molecular weight excluding hydrogens is 172 g/mol. The standard InChI is InChI=1S/C4H6N2O2S2/c7-5-3-4(6-8)10-2-1-9-3/h3-4H,1-2H2. The monoisotopic (exact) mass is 178 g/mol. The van der Waals surface area contributed by atoms with Gasteiger partial charge in [0.2, 0.25) is 0 Å². The molecule has 2 unspecified atom stereocenters. The Morgan fingerprint density at radius 1 is 1.00 bits per heavy atom. The number of hydrogen-bond donors (Lipinski definition) is 0. The minimum absolute atomic E-state index is 0.462. The number of hydrogen-bond acceptors (Lipinski definition) is 6. The van der Waals surface area contributed by atoms with Gasteiger partial charge in [0.1, 0.15) is 0 Å². The lowest BCUT2D eigenvalue weighted by molar-refractivity contribution is 0.838. The number of nitrogens with zero attached hydrogens (tertiary/aromatic N) is 2. The van der Waals surface area contributed by atoms with Crippen LogP contribution in [-0.2, 0) is 0 Å². The smallest absolute Gasteiger partial charge is 0.149 e. The summed E-state index contributed by atoms with van der Waals surface area (Å²) in [5.41, 5.74) is 0. The van der Waals surface area contributed by atoms with Crippen LogP contribution in [0.15, 0.2) is 10.4 Å². The second-order valence-corrected chi connectivity index (χ2v) is 4.18. The second kappa shape index (κ2) is 3.92. The molecule has 0 bridgehead atoms. The van der Waals surface area contributed by atoms with Crippen LogP contribution < -0.4 is 0 Å². The van der Waals surface area contributed by atoms with Gasteiger partial charge in [-0.15, -0.1) is 33.3 Å². The molecule has 1 rings (SSSR count). The van der Waals surface area contributed by atoms with Crippen molar-refractivity contribution in [1.82, 2.24) is 0 Å². The Morgan fingerprint density at radius 3 is 1.70 bits per heavy atom. The summed E-state index contributed by atoms with van der Waals surface area (Å²) in [7, 11) is 0. The van der Waals surface area contributed by atoms with E-state index in [2.05, 4.69) is 10.4 Å². The Hall–Kier alpha value is -0.100. The van der Waals surface area contributed by atoms with Crippen LogP contribution in [0.4, 0.5) is 0 Å². The van der Waals surface area contributed by atoms with Crippen molar-refractivity contribution in [1.29, 1.82) is 0 Å². The number of thioether (sulfide) groups is 2. The third kappa shape index (κ3) is 1.69. The lowest BCUT2D eigenvalue weighted by Crippen LogP contribution is -2.20. The molecule has 0 aromatic rings. The molecule has 0 aliphatic carbocycles. The first-order chi connectivity index (χ1) is 4.88. The van der Waals surface area contributed by atoms with Gasteiger partial charge in [-0.05, 0) is 0 Å². The van der Waals surface area contributed by atoms with Crippen molar-refractivity contribution in [2.45, 2.75) is 10.7 Å². The minimum Gasteiger partial charge on any atom is -0.149 e. The van der Waals surface area contributed by atoms with Crippen molar-refractivity contribution in [3.63, 3.8) is 0 Å². The lowest BCUT2D eigenvalue weighted by atomic mass is 10.7. The summed E-state index contributed by atoms with van der Waals surface area (Å²) in [6, 6.07) is 0. The van der Waals surface area contributed by atoms with Crippen LogP contribution in [0.1, 0.15) is 0 Å². The summed E-state index contributed by atoms with van der Waals surface area (Å²) in [5, 5.41) is 4.67. The molecule has 1 saturated heterocycles. The van der Waals surface area contributed by atoms with Gasteiger partial charge in [-0.2, -0.15) is 0 Å². The highest BCUT2D eigenvalue weighted by molar-refractivity contribution is 8.07. The lowest BCUT2D eigenvalue weighted by Gasteiger charge is -2.18. The molecule has 0 aromatic heterocycles. The van der Waals surface area contributed by atoms with E-state index in [1.165, 1.54) is 23.5 Å². The molecule has 2 atom stereocenters. The van der Waals surface area contributed by atoms with Crippen molar-refractivity contribution < 1.29 is 0 Å². The summed E-state index contributed by atoms with van der Waals surface area (Å²) >= 11 is 2.80. The molecule has 6 heteroatoms. The topological polar surface area (TPSA) is 58.9 Å². The van der Waals surface area contributed by atoms with Gasteiger partial charge < -0.3 is 0 Å². The molecule has 0 N–H and O–H groups in total. The van der Waals surface area contributed by atoms with Crippen LogP contribution in [0.5, 0.6) is 0 Å². The first-order valence-corrected chi connectivity index (χ1v) is 4.86. The highest BCUT2D eigenvalue weighted by Gasteiger charge is 2.27.